The smallest absolute Gasteiger partial charge is 0.305 e. The molecule has 0 rings (SSSR count). The molecule has 2 amide bonds. The van der Waals surface area contributed by atoms with E-state index in [1.54, 1.807) is 0 Å². The summed E-state index contributed by atoms with van der Waals surface area (Å²) in [5.74, 6) is -2.81. The maximum Gasteiger partial charge on any atom is 0.305 e. The van der Waals surface area contributed by atoms with Gasteiger partial charge in [-0.05, 0) is 0 Å². The van der Waals surface area contributed by atoms with Crippen molar-refractivity contribution in [2.75, 3.05) is 0 Å². The van der Waals surface area contributed by atoms with E-state index in [1.807, 2.05) is 0 Å². The van der Waals surface area contributed by atoms with Gasteiger partial charge in [0.2, 0.25) is 11.8 Å². The van der Waals surface area contributed by atoms with Crippen molar-refractivity contribution in [3.8, 4) is 0 Å². The van der Waals surface area contributed by atoms with Gasteiger partial charge in [0, 0.05) is 0 Å². The molecule has 0 aliphatic heterocycles. The molecule has 0 bridgehead atoms. The van der Waals surface area contributed by atoms with Gasteiger partial charge in [-0.2, -0.15) is 0 Å². The zero-order chi connectivity index (χ0) is 12.7. The second-order valence-corrected chi connectivity index (χ2v) is 3.13. The molecule has 8 nitrogen and oxygen atoms in total. The quantitative estimate of drug-likeness (QED) is 0.351. The summed E-state index contributed by atoms with van der Waals surface area (Å²) in [6, 6.07) is -2.35. The van der Waals surface area contributed by atoms with Gasteiger partial charge in [0.1, 0.15) is 6.29 Å². The van der Waals surface area contributed by atoms with E-state index < -0.39 is 36.3 Å². The number of hydrogen-bond donors (Lipinski definition) is 4. The number of primary amides is 1. The van der Waals surface area contributed by atoms with E-state index in [4.69, 9.17) is 16.6 Å². The van der Waals surface area contributed by atoms with Crippen molar-refractivity contribution in [3.05, 3.63) is 0 Å². The normalized spacial score (nSPS) is 13.6. The maximum absolute atomic E-state index is 11.2. The fourth-order valence-electron chi connectivity index (χ4n) is 0.920. The Hall–Kier alpha value is -1.96. The number of carboxylic acid groups (broad SMARTS) is 1. The van der Waals surface area contributed by atoms with Crippen LogP contribution in [0.1, 0.15) is 12.8 Å². The minimum atomic E-state index is -1.27. The highest BCUT2D eigenvalue weighted by Gasteiger charge is 2.20. The molecular weight excluding hydrogens is 218 g/mol. The molecule has 0 aliphatic rings. The van der Waals surface area contributed by atoms with E-state index >= 15 is 0 Å². The van der Waals surface area contributed by atoms with Crippen molar-refractivity contribution in [1.29, 1.82) is 0 Å². The lowest BCUT2D eigenvalue weighted by atomic mass is 10.1. The third-order valence-electron chi connectivity index (χ3n) is 1.64. The fourth-order valence-corrected chi connectivity index (χ4v) is 0.920. The summed E-state index contributed by atoms with van der Waals surface area (Å²) in [6.45, 7) is 0. The molecule has 0 spiro atoms. The van der Waals surface area contributed by atoms with Crippen LogP contribution in [0.3, 0.4) is 0 Å². The van der Waals surface area contributed by atoms with Gasteiger partial charge < -0.3 is 26.7 Å². The summed E-state index contributed by atoms with van der Waals surface area (Å²) in [5.41, 5.74) is 10.1. The van der Waals surface area contributed by atoms with Gasteiger partial charge in [0.25, 0.3) is 0 Å². The molecule has 0 fully saturated rings. The van der Waals surface area contributed by atoms with Crippen LogP contribution in [0.5, 0.6) is 0 Å². The van der Waals surface area contributed by atoms with E-state index in [2.05, 4.69) is 5.32 Å². The van der Waals surface area contributed by atoms with Crippen molar-refractivity contribution in [2.45, 2.75) is 24.9 Å². The van der Waals surface area contributed by atoms with Crippen LogP contribution < -0.4 is 16.8 Å². The number of carbonyl (C=O) groups excluding carboxylic acids is 3. The first-order chi connectivity index (χ1) is 7.36. The SMILES string of the molecule is NC(=O)C[C@@H](C=O)NC(=O)[C@@H](N)CC(=O)O. The molecule has 0 aliphatic carbocycles. The zero-order valence-electron chi connectivity index (χ0n) is 8.38. The third kappa shape index (κ3) is 5.70. The Kier molecular flexibility index (Phi) is 5.71. The van der Waals surface area contributed by atoms with Crippen molar-refractivity contribution in [1.82, 2.24) is 5.32 Å². The topological polar surface area (TPSA) is 153 Å². The van der Waals surface area contributed by atoms with E-state index in [0.717, 1.165) is 0 Å². The Morgan fingerprint density at radius 2 is 1.88 bits per heavy atom. The lowest BCUT2D eigenvalue weighted by Crippen LogP contribution is -2.47. The van der Waals surface area contributed by atoms with Gasteiger partial charge >= 0.3 is 5.97 Å². The number of carbonyl (C=O) groups is 4. The molecule has 0 aromatic heterocycles. The molecule has 0 aromatic rings. The minimum Gasteiger partial charge on any atom is -0.481 e. The molecule has 0 saturated heterocycles. The Morgan fingerprint density at radius 1 is 1.31 bits per heavy atom. The van der Waals surface area contributed by atoms with Crippen LogP contribution in [0.15, 0.2) is 0 Å². The molecular formula is C8H13N3O5. The van der Waals surface area contributed by atoms with Crippen molar-refractivity contribution in [3.63, 3.8) is 0 Å². The second-order valence-electron chi connectivity index (χ2n) is 3.13. The van der Waals surface area contributed by atoms with Gasteiger partial charge in [-0.25, -0.2) is 0 Å². The van der Waals surface area contributed by atoms with E-state index in [1.165, 1.54) is 0 Å². The Balaban J connectivity index is 4.23. The number of aldehydes is 1. The molecule has 0 unspecified atom stereocenters. The van der Waals surface area contributed by atoms with Gasteiger partial charge in [-0.3, -0.25) is 14.4 Å². The molecule has 16 heavy (non-hydrogen) atoms. The van der Waals surface area contributed by atoms with Crippen molar-refractivity contribution < 1.29 is 24.3 Å². The van der Waals surface area contributed by atoms with Gasteiger partial charge in [0.05, 0.1) is 24.9 Å². The van der Waals surface area contributed by atoms with Crippen LogP contribution in [-0.4, -0.2) is 41.3 Å². The average molecular weight is 231 g/mol. The van der Waals surface area contributed by atoms with Crippen LogP contribution >= 0.6 is 0 Å². The molecule has 6 N–H and O–H groups in total. The summed E-state index contributed by atoms with van der Waals surface area (Å²) < 4.78 is 0. The molecule has 8 heteroatoms. The number of nitrogens with two attached hydrogens (primary N) is 2. The van der Waals surface area contributed by atoms with Crippen LogP contribution in [0.25, 0.3) is 0 Å². The largest absolute Gasteiger partial charge is 0.481 e. The average Bonchev–Trinajstić information content (AvgIpc) is 2.14. The fraction of sp³-hybridized carbons (Fsp3) is 0.500. The number of aliphatic carboxylic acids is 1. The van der Waals surface area contributed by atoms with Crippen LogP contribution in [-0.2, 0) is 19.2 Å². The number of carboxylic acids is 1. The monoisotopic (exact) mass is 231 g/mol. The van der Waals surface area contributed by atoms with Gasteiger partial charge in [-0.15, -0.1) is 0 Å². The molecule has 0 radical (unpaired) electrons. The highest BCUT2D eigenvalue weighted by Crippen LogP contribution is 1.92. The first-order valence-corrected chi connectivity index (χ1v) is 4.38. The first kappa shape index (κ1) is 14.0. The number of nitrogens with one attached hydrogen (secondary N) is 1. The highest BCUT2D eigenvalue weighted by molar-refractivity contribution is 5.89. The first-order valence-electron chi connectivity index (χ1n) is 4.38. The Bertz CT molecular complexity index is 304. The van der Waals surface area contributed by atoms with E-state index in [0.29, 0.717) is 6.29 Å². The summed E-state index contributed by atoms with van der Waals surface area (Å²) >= 11 is 0. The van der Waals surface area contributed by atoms with Crippen molar-refractivity contribution >= 4 is 24.1 Å². The molecule has 0 aromatic carbocycles. The van der Waals surface area contributed by atoms with Crippen molar-refractivity contribution in [2.24, 2.45) is 11.5 Å². The van der Waals surface area contributed by atoms with Crippen LogP contribution in [0.4, 0.5) is 0 Å². The maximum atomic E-state index is 11.2. The molecule has 90 valence electrons. The zero-order valence-corrected chi connectivity index (χ0v) is 8.38. The molecule has 2 atom stereocenters. The summed E-state index contributed by atoms with van der Waals surface area (Å²) in [4.78, 5) is 42.4. The predicted molar refractivity (Wildman–Crippen MR) is 52.0 cm³/mol. The Morgan fingerprint density at radius 3 is 2.25 bits per heavy atom. The third-order valence-corrected chi connectivity index (χ3v) is 1.64. The Labute approximate surface area is 91.0 Å². The standard InChI is InChI=1S/C8H13N3O5/c9-5(2-7(14)15)8(16)11-4(3-12)1-6(10)13/h3-5H,1-2,9H2,(H2,10,13)(H,11,16)(H,14,15)/t4-,5-/m0/s1. The number of hydrogen-bond acceptors (Lipinski definition) is 5. The number of rotatable bonds is 7. The number of amides is 2. The summed E-state index contributed by atoms with van der Waals surface area (Å²) in [5, 5.41) is 10.5. The molecule has 0 heterocycles. The molecule has 0 saturated carbocycles. The minimum absolute atomic E-state index is 0.330. The van der Waals surface area contributed by atoms with Gasteiger partial charge in [-0.1, -0.05) is 0 Å². The summed E-state index contributed by atoms with van der Waals surface area (Å²) in [6.07, 6.45) is -0.584. The lowest BCUT2D eigenvalue weighted by molar-refractivity contribution is -0.139. The highest BCUT2D eigenvalue weighted by atomic mass is 16.4. The van der Waals surface area contributed by atoms with Crippen LogP contribution in [0, 0.1) is 0 Å². The van der Waals surface area contributed by atoms with Crippen LogP contribution in [0.2, 0.25) is 0 Å². The second kappa shape index (κ2) is 6.51. The lowest BCUT2D eigenvalue weighted by Gasteiger charge is -2.14. The van der Waals surface area contributed by atoms with Gasteiger partial charge in [0.15, 0.2) is 0 Å². The van der Waals surface area contributed by atoms with E-state index in [9.17, 15) is 19.2 Å². The summed E-state index contributed by atoms with van der Waals surface area (Å²) in [7, 11) is 0. The van der Waals surface area contributed by atoms with E-state index in [-0.39, 0.29) is 6.42 Å². The predicted octanol–water partition coefficient (Wildman–Crippen LogP) is -2.65.